The molecule has 5 rings (SSSR count). The van der Waals surface area contributed by atoms with Gasteiger partial charge in [-0.2, -0.15) is 9.36 Å². The Morgan fingerprint density at radius 1 is 1.29 bits per heavy atom. The van der Waals surface area contributed by atoms with Gasteiger partial charge in [0.1, 0.15) is 30.8 Å². The Balaban J connectivity index is 1.30. The van der Waals surface area contributed by atoms with Crippen molar-refractivity contribution in [1.82, 2.24) is 24.6 Å². The number of carbonyl (C=O) groups is 3. The molecule has 4 atom stereocenters. The van der Waals surface area contributed by atoms with Gasteiger partial charge in [0.05, 0.1) is 5.69 Å². The maximum absolute atomic E-state index is 13.4. The lowest BCUT2D eigenvalue weighted by molar-refractivity contribution is -0.671. The van der Waals surface area contributed by atoms with Crippen LogP contribution in [-0.4, -0.2) is 87.0 Å². The van der Waals surface area contributed by atoms with E-state index in [0.717, 1.165) is 16.2 Å². The summed E-state index contributed by atoms with van der Waals surface area (Å²) >= 11 is 4.51. The summed E-state index contributed by atoms with van der Waals surface area (Å²) in [6.07, 6.45) is 4.30. The fourth-order valence-electron chi connectivity index (χ4n) is 4.65. The standard InChI is InChI=1S/C27H31N8O8PS4/c1-5-9-27(3,40)44(41,42)32-25-30-20(33-48-25)17(31-43-6-2)21(36)29-18-22(37)35-19(24(38)39)16(13-45-23(18)35)47-26-28-15(12-46-26)14-7-10-34(4)11-8-14/h7-8,10-12,18,23,40H,5-6,9,13H2,1-4H3,(H3-,29,30,32,33,36,38,39,41,42)/p+1/b31-17-/t18-,23-,27-/m1/s1. The quantitative estimate of drug-likeness (QED) is 0.0526. The number of aliphatic hydroxyl groups is 1. The molecule has 2 aliphatic rings. The average molecular weight is 756 g/mol. The van der Waals surface area contributed by atoms with Gasteiger partial charge < -0.3 is 25.3 Å². The number of hydrogen-bond acceptors (Lipinski definition) is 14. The molecule has 16 nitrogen and oxygen atoms in total. The van der Waals surface area contributed by atoms with Crippen LogP contribution in [0.5, 0.6) is 0 Å². The van der Waals surface area contributed by atoms with E-state index in [9.17, 15) is 34.1 Å². The molecule has 21 heteroatoms. The van der Waals surface area contributed by atoms with E-state index < -0.39 is 47.8 Å². The lowest BCUT2D eigenvalue weighted by Crippen LogP contribution is -2.71. The first-order valence-corrected chi connectivity index (χ1v) is 19.6. The highest BCUT2D eigenvalue weighted by molar-refractivity contribution is 8.07. The normalized spacial score (nSPS) is 20.3. The number of carboxylic acids is 1. The van der Waals surface area contributed by atoms with Crippen LogP contribution in [0, 0.1) is 0 Å². The number of nitrogens with one attached hydrogen (secondary N) is 2. The number of rotatable bonds is 14. The number of oxime groups is 1. The summed E-state index contributed by atoms with van der Waals surface area (Å²) in [5, 5.41) is 28.4. The largest absolute Gasteiger partial charge is 0.477 e. The van der Waals surface area contributed by atoms with E-state index in [-0.39, 0.29) is 35.4 Å². The number of thioether (sulfide) groups is 2. The molecule has 3 aromatic heterocycles. The van der Waals surface area contributed by atoms with Crippen molar-refractivity contribution in [3.63, 3.8) is 0 Å². The average Bonchev–Trinajstić information content (AvgIpc) is 3.69. The Hall–Kier alpha value is -3.39. The molecule has 0 bridgehead atoms. The second-order valence-electron chi connectivity index (χ2n) is 10.7. The lowest BCUT2D eigenvalue weighted by Gasteiger charge is -2.49. The molecule has 256 valence electrons. The number of fused-ring (bicyclic) bond motifs is 1. The molecule has 5 heterocycles. The van der Waals surface area contributed by atoms with Gasteiger partial charge in [-0.15, -0.1) is 23.1 Å². The summed E-state index contributed by atoms with van der Waals surface area (Å²) < 4.78 is 19.4. The van der Waals surface area contributed by atoms with Crippen molar-refractivity contribution < 1.29 is 43.5 Å². The summed E-state index contributed by atoms with van der Waals surface area (Å²) in [6, 6.07) is 2.77. The van der Waals surface area contributed by atoms with Crippen molar-refractivity contribution in [3.05, 3.63) is 46.3 Å². The molecule has 1 saturated heterocycles. The summed E-state index contributed by atoms with van der Waals surface area (Å²) in [6.45, 7) is 4.71. The number of pyridine rings is 1. The van der Waals surface area contributed by atoms with Gasteiger partial charge in [0.15, 0.2) is 22.1 Å². The third-order valence-corrected chi connectivity index (χ3v) is 13.5. The number of nitrogens with zero attached hydrogens (tertiary/aromatic N) is 6. The summed E-state index contributed by atoms with van der Waals surface area (Å²) in [5.74, 6) is -2.77. The summed E-state index contributed by atoms with van der Waals surface area (Å²) in [7, 11) is -2.45. The number of carboxylic acid groups (broad SMARTS) is 1. The second kappa shape index (κ2) is 14.6. The number of β-lactam (4-membered cyclic amide) rings is 1. The number of hydrogen-bond donors (Lipinski definition) is 5. The maximum atomic E-state index is 13.4. The number of aromatic nitrogens is 4. The number of carbonyl (C=O) groups excluding carboxylic acids is 2. The van der Waals surface area contributed by atoms with Crippen LogP contribution in [0.15, 0.2) is 50.0 Å². The van der Waals surface area contributed by atoms with Crippen LogP contribution in [-0.2, 0) is 30.8 Å². The molecule has 0 saturated carbocycles. The van der Waals surface area contributed by atoms with Gasteiger partial charge in [0, 0.05) is 45.3 Å². The zero-order chi connectivity index (χ0) is 34.8. The molecule has 48 heavy (non-hydrogen) atoms. The Labute approximate surface area is 291 Å². The predicted octanol–water partition coefficient (Wildman–Crippen LogP) is 2.82. The van der Waals surface area contributed by atoms with Crippen molar-refractivity contribution in [1.29, 1.82) is 0 Å². The van der Waals surface area contributed by atoms with Crippen LogP contribution >= 0.6 is 53.9 Å². The van der Waals surface area contributed by atoms with E-state index in [1.807, 2.05) is 41.5 Å². The molecule has 0 aliphatic carbocycles. The molecular weight excluding hydrogens is 724 g/mol. The van der Waals surface area contributed by atoms with Crippen LogP contribution in [0.2, 0.25) is 0 Å². The van der Waals surface area contributed by atoms with Gasteiger partial charge in [0.2, 0.25) is 16.7 Å². The van der Waals surface area contributed by atoms with E-state index in [1.165, 1.54) is 41.8 Å². The number of amides is 2. The van der Waals surface area contributed by atoms with E-state index >= 15 is 0 Å². The molecule has 3 aromatic rings. The van der Waals surface area contributed by atoms with Crippen molar-refractivity contribution in [3.8, 4) is 11.3 Å². The van der Waals surface area contributed by atoms with Crippen molar-refractivity contribution >= 4 is 82.5 Å². The third kappa shape index (κ3) is 7.44. The molecule has 0 radical (unpaired) electrons. The fourth-order valence-corrected chi connectivity index (χ4v) is 10.1. The van der Waals surface area contributed by atoms with E-state index in [1.54, 1.807) is 13.8 Å². The minimum absolute atomic E-state index is 0.0444. The van der Waals surface area contributed by atoms with Crippen LogP contribution in [0.1, 0.15) is 39.4 Å². The highest BCUT2D eigenvalue weighted by Crippen LogP contribution is 2.54. The molecule has 2 amide bonds. The van der Waals surface area contributed by atoms with Gasteiger partial charge in [0.25, 0.3) is 11.8 Å². The molecule has 1 unspecified atom stereocenters. The number of thiazole rings is 1. The fraction of sp³-hybridized carbons (Fsp3) is 0.407. The van der Waals surface area contributed by atoms with Gasteiger partial charge in [-0.25, -0.2) is 14.3 Å². The first-order chi connectivity index (χ1) is 22.8. The van der Waals surface area contributed by atoms with Crippen LogP contribution in [0.3, 0.4) is 0 Å². The highest BCUT2D eigenvalue weighted by Gasteiger charge is 2.55. The minimum Gasteiger partial charge on any atom is -0.477 e. The molecule has 2 aliphatic heterocycles. The number of aliphatic carboxylic acids is 1. The zero-order valence-electron chi connectivity index (χ0n) is 26.0. The van der Waals surface area contributed by atoms with Gasteiger partial charge >= 0.3 is 13.5 Å². The highest BCUT2D eigenvalue weighted by atomic mass is 32.2. The lowest BCUT2D eigenvalue weighted by atomic mass is 10.0. The SMILES string of the molecule is CCC[C@](C)(O)P(=O)(O)Nc1nc(/C(=N/OCC)C(=O)N[C@@H]2C(=O)N3C(C(=O)O)=C(Sc4nc(-c5cc[n+](C)cc5)cs4)CS[C@H]23)ns1. The second-order valence-corrected chi connectivity index (χ2v) is 17.1. The van der Waals surface area contributed by atoms with Crippen LogP contribution in [0.4, 0.5) is 5.13 Å². The molecule has 0 spiro atoms. The molecule has 5 N–H and O–H groups in total. The van der Waals surface area contributed by atoms with Crippen LogP contribution < -0.4 is 15.0 Å². The van der Waals surface area contributed by atoms with Gasteiger partial charge in [-0.05, 0) is 20.3 Å². The maximum Gasteiger partial charge on any atom is 0.353 e. The van der Waals surface area contributed by atoms with E-state index in [4.69, 9.17) is 4.84 Å². The smallest absolute Gasteiger partial charge is 0.353 e. The van der Waals surface area contributed by atoms with E-state index in [2.05, 4.69) is 29.9 Å². The monoisotopic (exact) mass is 755 g/mol. The zero-order valence-corrected chi connectivity index (χ0v) is 30.2. The predicted molar refractivity (Wildman–Crippen MR) is 181 cm³/mol. The van der Waals surface area contributed by atoms with Gasteiger partial charge in [-0.1, -0.05) is 30.3 Å². The van der Waals surface area contributed by atoms with Gasteiger partial charge in [-0.3, -0.25) is 24.1 Å². The Morgan fingerprint density at radius 2 is 2.02 bits per heavy atom. The number of aryl methyl sites for hydroxylation is 1. The minimum atomic E-state index is -4.36. The van der Waals surface area contributed by atoms with Crippen molar-refractivity contribution in [2.75, 3.05) is 17.4 Å². The van der Waals surface area contributed by atoms with E-state index in [0.29, 0.717) is 27.2 Å². The first kappa shape index (κ1) is 35.9. The Kier molecular flexibility index (Phi) is 10.9. The van der Waals surface area contributed by atoms with Crippen molar-refractivity contribution in [2.24, 2.45) is 12.2 Å². The van der Waals surface area contributed by atoms with Crippen LogP contribution in [0.25, 0.3) is 11.3 Å². The molecule has 1 fully saturated rings. The molecular formula is C27H32N8O8PS4+. The molecule has 0 aromatic carbocycles. The van der Waals surface area contributed by atoms with Crippen molar-refractivity contribution in [2.45, 2.75) is 54.7 Å². The first-order valence-electron chi connectivity index (χ1n) is 14.4. The summed E-state index contributed by atoms with van der Waals surface area (Å²) in [5.41, 5.74) is 1.09. The summed E-state index contributed by atoms with van der Waals surface area (Å²) in [4.78, 5) is 65.0. The Bertz CT molecular complexity index is 1830. The number of anilines is 1. The Morgan fingerprint density at radius 3 is 2.69 bits per heavy atom. The third-order valence-electron chi connectivity index (χ3n) is 7.15. The topological polar surface area (TPSA) is 220 Å².